The van der Waals surface area contributed by atoms with Gasteiger partial charge in [-0.25, -0.2) is 4.79 Å². The van der Waals surface area contributed by atoms with Crippen LogP contribution < -0.4 is 4.90 Å². The van der Waals surface area contributed by atoms with Crippen molar-refractivity contribution in [3.8, 4) is 0 Å². The molecule has 0 heterocycles. The lowest BCUT2D eigenvalue weighted by Crippen LogP contribution is -2.21. The van der Waals surface area contributed by atoms with Gasteiger partial charge in [-0.2, -0.15) is 4.74 Å². The zero-order valence-electron chi connectivity index (χ0n) is 14.9. The molecule has 0 bridgehead atoms. The molecule has 0 aliphatic heterocycles. The fourth-order valence-corrected chi connectivity index (χ4v) is 2.53. The molecule has 0 aliphatic carbocycles. The number of esters is 1. The van der Waals surface area contributed by atoms with Crippen molar-refractivity contribution in [1.82, 2.24) is 0 Å². The Labute approximate surface area is 148 Å². The number of nitrogens with zero attached hydrogens (tertiary/aromatic N) is 2. The fraction of sp³-hybridized carbons (Fsp3) is 0.300. The van der Waals surface area contributed by atoms with Gasteiger partial charge >= 0.3 is 5.97 Å². The molecule has 0 spiro atoms. The van der Waals surface area contributed by atoms with E-state index in [0.717, 1.165) is 29.1 Å². The highest BCUT2D eigenvalue weighted by Gasteiger charge is 2.09. The summed E-state index contributed by atoms with van der Waals surface area (Å²) in [5, 5.41) is 12.3. The molecular weight excluding hydrogens is 316 g/mol. The van der Waals surface area contributed by atoms with E-state index in [2.05, 4.69) is 18.7 Å². The van der Waals surface area contributed by atoms with Crippen LogP contribution in [-0.4, -0.2) is 36.6 Å². The van der Waals surface area contributed by atoms with Gasteiger partial charge in [-0.3, -0.25) is 0 Å². The van der Waals surface area contributed by atoms with E-state index in [4.69, 9.17) is 4.74 Å². The molecule has 0 saturated heterocycles. The summed E-state index contributed by atoms with van der Waals surface area (Å²) in [5.41, 5.74) is 2.85. The van der Waals surface area contributed by atoms with Gasteiger partial charge in [-0.15, -0.1) is 0 Å². The van der Waals surface area contributed by atoms with Gasteiger partial charge in [0.05, 0.1) is 12.2 Å². The zero-order valence-corrected chi connectivity index (χ0v) is 14.9. The first-order valence-corrected chi connectivity index (χ1v) is 8.52. The second-order valence-corrected chi connectivity index (χ2v) is 5.49. The predicted octanol–water partition coefficient (Wildman–Crippen LogP) is 3.97. The number of carbonyl (C=O) groups excluding carboxylic acids is 1. The van der Waals surface area contributed by atoms with E-state index < -0.39 is 0 Å². The van der Waals surface area contributed by atoms with Crippen molar-refractivity contribution in [3.05, 3.63) is 64.9 Å². The van der Waals surface area contributed by atoms with Crippen LogP contribution in [0.1, 0.15) is 36.7 Å². The van der Waals surface area contributed by atoms with Crippen molar-refractivity contribution < 1.29 is 14.3 Å². The molecule has 0 aliphatic rings. The van der Waals surface area contributed by atoms with Crippen molar-refractivity contribution in [2.24, 2.45) is 0 Å². The van der Waals surface area contributed by atoms with Crippen LogP contribution in [0, 0.1) is 5.21 Å². The standard InChI is InChI=1S/C20H24N2O3/c1-4-21(5-2)18-11-7-16(8-12-18)15-22(24)19-13-9-17(10-14-19)20(23)25-6-3/h7-15H,4-6H2,1-3H3/b22-15-. The second kappa shape index (κ2) is 8.87. The molecule has 2 aromatic carbocycles. The number of carbonyl (C=O) groups is 1. The van der Waals surface area contributed by atoms with Crippen LogP contribution >= 0.6 is 0 Å². The Balaban J connectivity index is 2.14. The van der Waals surface area contributed by atoms with Crippen LogP contribution in [0.2, 0.25) is 0 Å². The highest BCUT2D eigenvalue weighted by molar-refractivity contribution is 5.89. The van der Waals surface area contributed by atoms with Crippen LogP contribution in [0.5, 0.6) is 0 Å². The molecule has 0 radical (unpaired) electrons. The van der Waals surface area contributed by atoms with Crippen LogP contribution in [0.15, 0.2) is 48.5 Å². The number of benzene rings is 2. The van der Waals surface area contributed by atoms with E-state index in [-0.39, 0.29) is 5.97 Å². The molecule has 132 valence electrons. The lowest BCUT2D eigenvalue weighted by atomic mass is 10.2. The van der Waals surface area contributed by atoms with Gasteiger partial charge in [0.15, 0.2) is 6.21 Å². The molecule has 0 atom stereocenters. The molecule has 5 heteroatoms. The SMILES string of the molecule is CCOC(=O)c1ccc(/[N+]([O-])=C/c2ccc(N(CC)CC)cc2)cc1. The summed E-state index contributed by atoms with van der Waals surface area (Å²) in [5.74, 6) is -0.387. The first-order chi connectivity index (χ1) is 12.1. The number of hydrogen-bond acceptors (Lipinski definition) is 4. The number of rotatable bonds is 7. The smallest absolute Gasteiger partial charge is 0.338 e. The maximum atomic E-state index is 12.3. The van der Waals surface area contributed by atoms with Gasteiger partial charge in [0, 0.05) is 36.5 Å². The Morgan fingerprint density at radius 1 is 1.04 bits per heavy atom. The minimum absolute atomic E-state index is 0.325. The van der Waals surface area contributed by atoms with Crippen molar-refractivity contribution in [2.45, 2.75) is 20.8 Å². The second-order valence-electron chi connectivity index (χ2n) is 5.49. The topological polar surface area (TPSA) is 55.6 Å². The third-order valence-electron chi connectivity index (χ3n) is 3.92. The molecule has 0 N–H and O–H groups in total. The lowest BCUT2D eigenvalue weighted by Gasteiger charge is -2.20. The Hall–Kier alpha value is -2.82. The predicted molar refractivity (Wildman–Crippen MR) is 101 cm³/mol. The average molecular weight is 340 g/mol. The van der Waals surface area contributed by atoms with Gasteiger partial charge < -0.3 is 14.8 Å². The van der Waals surface area contributed by atoms with Gasteiger partial charge in [0.2, 0.25) is 5.69 Å². The molecule has 5 nitrogen and oxygen atoms in total. The van der Waals surface area contributed by atoms with Crippen molar-refractivity contribution in [3.63, 3.8) is 0 Å². The van der Waals surface area contributed by atoms with E-state index in [0.29, 0.717) is 17.9 Å². The number of ether oxygens (including phenoxy) is 1. The number of hydrogen-bond donors (Lipinski definition) is 0. The normalized spacial score (nSPS) is 11.2. The van der Waals surface area contributed by atoms with Crippen LogP contribution in [0.25, 0.3) is 0 Å². The molecular formula is C20H24N2O3. The Morgan fingerprint density at radius 2 is 1.64 bits per heavy atom. The Morgan fingerprint density at radius 3 is 2.16 bits per heavy atom. The summed E-state index contributed by atoms with van der Waals surface area (Å²) in [6, 6.07) is 14.3. The largest absolute Gasteiger partial charge is 0.618 e. The molecule has 0 aromatic heterocycles. The minimum Gasteiger partial charge on any atom is -0.618 e. The molecule has 0 amide bonds. The molecule has 0 fully saturated rings. The molecule has 2 rings (SSSR count). The van der Waals surface area contributed by atoms with Crippen molar-refractivity contribution >= 4 is 23.6 Å². The third-order valence-corrected chi connectivity index (χ3v) is 3.92. The highest BCUT2D eigenvalue weighted by Crippen LogP contribution is 2.16. The maximum absolute atomic E-state index is 12.3. The quantitative estimate of drug-likeness (QED) is 0.252. The molecule has 2 aromatic rings. The van der Waals surface area contributed by atoms with E-state index >= 15 is 0 Å². The first kappa shape index (κ1) is 18.5. The maximum Gasteiger partial charge on any atom is 0.338 e. The summed E-state index contributed by atoms with van der Waals surface area (Å²) in [7, 11) is 0. The van der Waals surface area contributed by atoms with Gasteiger partial charge in [0.1, 0.15) is 0 Å². The molecule has 0 saturated carbocycles. The average Bonchev–Trinajstić information content (AvgIpc) is 2.64. The Bertz CT molecular complexity index is 718. The minimum atomic E-state index is -0.387. The zero-order chi connectivity index (χ0) is 18.2. The van der Waals surface area contributed by atoms with Crippen molar-refractivity contribution in [2.75, 3.05) is 24.6 Å². The third kappa shape index (κ3) is 4.83. The van der Waals surface area contributed by atoms with Gasteiger partial charge in [-0.1, -0.05) is 0 Å². The fourth-order valence-electron chi connectivity index (χ4n) is 2.53. The summed E-state index contributed by atoms with van der Waals surface area (Å²) >= 11 is 0. The van der Waals surface area contributed by atoms with E-state index in [1.165, 1.54) is 6.21 Å². The summed E-state index contributed by atoms with van der Waals surface area (Å²) in [6.45, 7) is 8.20. The summed E-state index contributed by atoms with van der Waals surface area (Å²) in [4.78, 5) is 13.9. The van der Waals surface area contributed by atoms with Crippen molar-refractivity contribution in [1.29, 1.82) is 0 Å². The van der Waals surface area contributed by atoms with Crippen LogP contribution in [0.3, 0.4) is 0 Å². The van der Waals surface area contributed by atoms with E-state index in [1.807, 2.05) is 24.3 Å². The van der Waals surface area contributed by atoms with Crippen LogP contribution in [-0.2, 0) is 4.74 Å². The highest BCUT2D eigenvalue weighted by atomic mass is 16.5. The number of anilines is 1. The van der Waals surface area contributed by atoms with E-state index in [9.17, 15) is 10.0 Å². The summed E-state index contributed by atoms with van der Waals surface area (Å²) in [6.07, 6.45) is 1.52. The summed E-state index contributed by atoms with van der Waals surface area (Å²) < 4.78 is 5.72. The van der Waals surface area contributed by atoms with Gasteiger partial charge in [-0.05, 0) is 57.2 Å². The molecule has 25 heavy (non-hydrogen) atoms. The first-order valence-electron chi connectivity index (χ1n) is 8.52. The van der Waals surface area contributed by atoms with E-state index in [1.54, 1.807) is 31.2 Å². The van der Waals surface area contributed by atoms with Crippen LogP contribution in [0.4, 0.5) is 11.4 Å². The van der Waals surface area contributed by atoms with Gasteiger partial charge in [0.25, 0.3) is 0 Å². The molecule has 0 unspecified atom stereocenters. The monoisotopic (exact) mass is 340 g/mol. The Kier molecular flexibility index (Phi) is 6.57. The lowest BCUT2D eigenvalue weighted by molar-refractivity contribution is -0.354.